The van der Waals surface area contributed by atoms with Crippen LogP contribution in [0.15, 0.2) is 0 Å². The van der Waals surface area contributed by atoms with Gasteiger partial charge < -0.3 is 5.32 Å². The van der Waals surface area contributed by atoms with Gasteiger partial charge in [0.05, 0.1) is 0 Å². The van der Waals surface area contributed by atoms with E-state index in [2.05, 4.69) is 17.1 Å². The first kappa shape index (κ1) is 6.43. The van der Waals surface area contributed by atoms with Gasteiger partial charge in [0, 0.05) is 0 Å². The molecule has 8 heavy (non-hydrogen) atoms. The fourth-order valence-electron chi connectivity index (χ4n) is 0.943. The largest absolute Gasteiger partial charge is 0.662 e. The van der Waals surface area contributed by atoms with E-state index in [0.717, 1.165) is 0 Å². The zero-order chi connectivity index (χ0) is 5.82. The molecule has 0 aliphatic carbocycles. The van der Waals surface area contributed by atoms with Gasteiger partial charge in [0.2, 0.25) is 0 Å². The molecule has 0 spiro atoms. The van der Waals surface area contributed by atoms with Crippen molar-refractivity contribution in [2.75, 3.05) is 18.6 Å². The minimum absolute atomic E-state index is 0.691. The Morgan fingerprint density at radius 3 is 2.38 bits per heavy atom. The number of thioether (sulfide) groups is 1. The molecular weight excluding hydrogens is 118 g/mol. The van der Waals surface area contributed by atoms with Gasteiger partial charge in [-0.3, -0.25) is 0 Å². The lowest BCUT2D eigenvalue weighted by atomic mass is 10.2. The fraction of sp³-hybridized carbons (Fsp3) is 1.00. The van der Waals surface area contributed by atoms with Gasteiger partial charge in [-0.05, 0) is 11.5 Å². The Balaban J connectivity index is 2.13. The van der Waals surface area contributed by atoms with Crippen LogP contribution in [0.3, 0.4) is 0 Å². The van der Waals surface area contributed by atoms with Crippen molar-refractivity contribution in [1.82, 2.24) is 0 Å². The standard InChI is InChI=1S/C6H12NS/c1-7-6-2-4-8-5-3-6/h6H,2-5H2,1H3/q-1. The van der Waals surface area contributed by atoms with Gasteiger partial charge in [-0.15, -0.1) is 6.04 Å². The van der Waals surface area contributed by atoms with E-state index in [1.54, 1.807) is 0 Å². The molecule has 1 aliphatic heterocycles. The molecule has 1 fully saturated rings. The molecule has 0 bridgehead atoms. The summed E-state index contributed by atoms with van der Waals surface area (Å²) in [6.45, 7) is 0. The van der Waals surface area contributed by atoms with Crippen LogP contribution in [0.1, 0.15) is 12.8 Å². The Bertz CT molecular complexity index is 59.5. The molecule has 0 aromatic rings. The molecule has 0 unspecified atom stereocenters. The molecule has 1 nitrogen and oxygen atoms in total. The maximum atomic E-state index is 4.23. The summed E-state index contributed by atoms with van der Waals surface area (Å²) in [6.07, 6.45) is 2.61. The van der Waals surface area contributed by atoms with Crippen molar-refractivity contribution < 1.29 is 0 Å². The molecule has 0 radical (unpaired) electrons. The van der Waals surface area contributed by atoms with Crippen molar-refractivity contribution in [1.29, 1.82) is 0 Å². The Labute approximate surface area is 55.2 Å². The van der Waals surface area contributed by atoms with Gasteiger partial charge in [-0.2, -0.15) is 18.8 Å². The van der Waals surface area contributed by atoms with E-state index in [1.807, 2.05) is 7.05 Å². The maximum absolute atomic E-state index is 4.23. The van der Waals surface area contributed by atoms with E-state index in [1.165, 1.54) is 24.3 Å². The highest BCUT2D eigenvalue weighted by molar-refractivity contribution is 7.99. The summed E-state index contributed by atoms with van der Waals surface area (Å²) in [5.41, 5.74) is 0. The zero-order valence-corrected chi connectivity index (χ0v) is 6.08. The topological polar surface area (TPSA) is 14.1 Å². The zero-order valence-electron chi connectivity index (χ0n) is 5.26. The molecule has 0 amide bonds. The minimum Gasteiger partial charge on any atom is -0.662 e. The average molecular weight is 130 g/mol. The van der Waals surface area contributed by atoms with E-state index in [-0.39, 0.29) is 0 Å². The average Bonchev–Trinajstić information content (AvgIpc) is 1.90. The van der Waals surface area contributed by atoms with Crippen LogP contribution < -0.4 is 0 Å². The van der Waals surface area contributed by atoms with E-state index < -0.39 is 0 Å². The Morgan fingerprint density at radius 1 is 1.38 bits per heavy atom. The summed E-state index contributed by atoms with van der Waals surface area (Å²) in [4.78, 5) is 0. The fourth-order valence-corrected chi connectivity index (χ4v) is 2.02. The highest BCUT2D eigenvalue weighted by Gasteiger charge is 2.02. The van der Waals surface area contributed by atoms with E-state index in [9.17, 15) is 0 Å². The normalized spacial score (nSPS) is 23.6. The quantitative estimate of drug-likeness (QED) is 0.528. The van der Waals surface area contributed by atoms with E-state index in [0.29, 0.717) is 6.04 Å². The first-order valence-electron chi connectivity index (χ1n) is 3.10. The number of nitrogens with zero attached hydrogens (tertiary/aromatic N) is 1. The summed E-state index contributed by atoms with van der Waals surface area (Å²) in [5, 5.41) is 4.23. The van der Waals surface area contributed by atoms with Crippen LogP contribution in [0.2, 0.25) is 0 Å². The molecule has 0 aromatic heterocycles. The van der Waals surface area contributed by atoms with Crippen LogP contribution in [-0.4, -0.2) is 24.6 Å². The SMILES string of the molecule is C[N-]C1CCSCC1. The molecule has 1 saturated heterocycles. The lowest BCUT2D eigenvalue weighted by molar-refractivity contribution is 0.685. The molecule has 0 aromatic carbocycles. The molecule has 1 rings (SSSR count). The van der Waals surface area contributed by atoms with Gasteiger partial charge in [-0.25, -0.2) is 0 Å². The third-order valence-electron chi connectivity index (χ3n) is 1.56. The van der Waals surface area contributed by atoms with Gasteiger partial charge >= 0.3 is 0 Å². The predicted octanol–water partition coefficient (Wildman–Crippen LogP) is 1.89. The number of hydrogen-bond acceptors (Lipinski definition) is 1. The van der Waals surface area contributed by atoms with Gasteiger partial charge in [0.1, 0.15) is 0 Å². The van der Waals surface area contributed by atoms with Crippen molar-refractivity contribution >= 4 is 11.8 Å². The van der Waals surface area contributed by atoms with Crippen molar-refractivity contribution in [2.45, 2.75) is 18.9 Å². The van der Waals surface area contributed by atoms with Gasteiger partial charge in [0.25, 0.3) is 0 Å². The lowest BCUT2D eigenvalue weighted by Gasteiger charge is -2.30. The molecule has 48 valence electrons. The second-order valence-corrected chi connectivity index (χ2v) is 3.33. The monoisotopic (exact) mass is 130 g/mol. The van der Waals surface area contributed by atoms with Crippen molar-refractivity contribution in [3.05, 3.63) is 5.32 Å². The molecule has 1 aliphatic rings. The van der Waals surface area contributed by atoms with Crippen LogP contribution >= 0.6 is 11.8 Å². The van der Waals surface area contributed by atoms with Crippen LogP contribution in [0.25, 0.3) is 5.32 Å². The third-order valence-corrected chi connectivity index (χ3v) is 2.60. The smallest absolute Gasteiger partial charge is 0.00814 e. The highest BCUT2D eigenvalue weighted by Crippen LogP contribution is 2.20. The molecule has 2 heteroatoms. The van der Waals surface area contributed by atoms with Crippen molar-refractivity contribution in [2.24, 2.45) is 0 Å². The maximum Gasteiger partial charge on any atom is -0.00814 e. The van der Waals surface area contributed by atoms with Gasteiger partial charge in [-0.1, -0.05) is 12.8 Å². The number of rotatable bonds is 1. The molecule has 0 saturated carbocycles. The first-order valence-corrected chi connectivity index (χ1v) is 4.25. The summed E-state index contributed by atoms with van der Waals surface area (Å²) >= 11 is 2.05. The second-order valence-electron chi connectivity index (χ2n) is 2.10. The Kier molecular flexibility index (Phi) is 2.70. The van der Waals surface area contributed by atoms with E-state index >= 15 is 0 Å². The van der Waals surface area contributed by atoms with Crippen LogP contribution in [0.5, 0.6) is 0 Å². The highest BCUT2D eigenvalue weighted by atomic mass is 32.2. The van der Waals surface area contributed by atoms with Crippen molar-refractivity contribution in [3.8, 4) is 0 Å². The molecular formula is C6H12NS-. The van der Waals surface area contributed by atoms with Crippen LogP contribution in [0.4, 0.5) is 0 Å². The summed E-state index contributed by atoms with van der Waals surface area (Å²) < 4.78 is 0. The summed E-state index contributed by atoms with van der Waals surface area (Å²) in [7, 11) is 1.93. The molecule has 0 N–H and O–H groups in total. The molecule has 0 atom stereocenters. The van der Waals surface area contributed by atoms with E-state index in [4.69, 9.17) is 0 Å². The van der Waals surface area contributed by atoms with Crippen LogP contribution in [-0.2, 0) is 0 Å². The van der Waals surface area contributed by atoms with Gasteiger partial charge in [0.15, 0.2) is 0 Å². The minimum atomic E-state index is 0.691. The molecule has 1 heterocycles. The first-order chi connectivity index (χ1) is 3.93. The lowest BCUT2D eigenvalue weighted by Crippen LogP contribution is -2.12. The third kappa shape index (κ3) is 1.67. The Hall–Kier alpha value is 0.310. The Morgan fingerprint density at radius 2 is 2.00 bits per heavy atom. The summed E-state index contributed by atoms with van der Waals surface area (Å²) in [5.74, 6) is 2.64. The predicted molar refractivity (Wildman–Crippen MR) is 39.6 cm³/mol. The van der Waals surface area contributed by atoms with Crippen LogP contribution in [0, 0.1) is 0 Å². The second kappa shape index (κ2) is 3.36. The summed E-state index contributed by atoms with van der Waals surface area (Å²) in [6, 6.07) is 0.691. The van der Waals surface area contributed by atoms with Crippen molar-refractivity contribution in [3.63, 3.8) is 0 Å². The number of hydrogen-bond donors (Lipinski definition) is 0.